The molecule has 2 heterocycles. The summed E-state index contributed by atoms with van der Waals surface area (Å²) in [6.45, 7) is 0.582. The molecule has 0 aliphatic heterocycles. The van der Waals surface area contributed by atoms with Gasteiger partial charge in [-0.25, -0.2) is 8.42 Å². The lowest BCUT2D eigenvalue weighted by atomic mass is 10.3. The summed E-state index contributed by atoms with van der Waals surface area (Å²) in [6.07, 6.45) is 1.09. The molecule has 1 aromatic carbocycles. The molecule has 0 spiro atoms. The molecule has 0 saturated heterocycles. The van der Waals surface area contributed by atoms with Crippen LogP contribution in [0.3, 0.4) is 0 Å². The maximum atomic E-state index is 13.1. The molecule has 3 rings (SSSR count). The minimum absolute atomic E-state index is 0.271. The summed E-state index contributed by atoms with van der Waals surface area (Å²) in [5.74, 6) is -0.271. The lowest BCUT2D eigenvalue weighted by Gasteiger charge is -2.27. The smallest absolute Gasteiger partial charge is 0.244 e. The van der Waals surface area contributed by atoms with Crippen molar-refractivity contribution in [1.82, 2.24) is 4.90 Å². The molecule has 0 radical (unpaired) electrons. The topological polar surface area (TPSA) is 57.7 Å². The SMILES string of the molecule is CS(=O)(=O)N(CC(=O)N(Cc1cccs1)Cc1cccs1)c1cccc(Cl)c1. The van der Waals surface area contributed by atoms with Gasteiger partial charge in [0.2, 0.25) is 15.9 Å². The first kappa shape index (κ1) is 20.9. The summed E-state index contributed by atoms with van der Waals surface area (Å²) in [4.78, 5) is 16.9. The number of nitrogens with zero attached hydrogens (tertiary/aromatic N) is 2. The molecule has 0 bridgehead atoms. The molecule has 5 nitrogen and oxygen atoms in total. The molecule has 2 aromatic heterocycles. The van der Waals surface area contributed by atoms with Crippen molar-refractivity contribution in [2.75, 3.05) is 17.1 Å². The molecular formula is C19H19ClN2O3S3. The summed E-state index contributed by atoms with van der Waals surface area (Å²) >= 11 is 9.14. The molecular weight excluding hydrogens is 436 g/mol. The van der Waals surface area contributed by atoms with Crippen LogP contribution in [-0.2, 0) is 27.9 Å². The maximum Gasteiger partial charge on any atom is 0.244 e. The van der Waals surface area contributed by atoms with Crippen LogP contribution in [0.15, 0.2) is 59.3 Å². The van der Waals surface area contributed by atoms with Crippen LogP contribution in [0.1, 0.15) is 9.75 Å². The van der Waals surface area contributed by atoms with E-state index in [1.165, 1.54) is 0 Å². The van der Waals surface area contributed by atoms with Crippen molar-refractivity contribution >= 4 is 55.9 Å². The number of rotatable bonds is 8. The Bertz CT molecular complexity index is 982. The van der Waals surface area contributed by atoms with Crippen LogP contribution in [0.2, 0.25) is 5.02 Å². The number of hydrogen-bond donors (Lipinski definition) is 0. The van der Waals surface area contributed by atoms with Crippen molar-refractivity contribution in [2.45, 2.75) is 13.1 Å². The van der Waals surface area contributed by atoms with E-state index in [9.17, 15) is 13.2 Å². The first-order valence-electron chi connectivity index (χ1n) is 8.39. The molecule has 148 valence electrons. The van der Waals surface area contributed by atoms with E-state index in [1.54, 1.807) is 51.8 Å². The number of anilines is 1. The standard InChI is InChI=1S/C19H19ClN2O3S3/c1-28(24,25)22(16-6-2-5-15(20)11-16)14-19(23)21(12-17-7-3-9-26-17)13-18-8-4-10-27-18/h2-11H,12-14H2,1H3. The summed E-state index contributed by atoms with van der Waals surface area (Å²) < 4.78 is 25.8. The lowest BCUT2D eigenvalue weighted by Crippen LogP contribution is -2.42. The van der Waals surface area contributed by atoms with Crippen molar-refractivity contribution in [1.29, 1.82) is 0 Å². The highest BCUT2D eigenvalue weighted by Gasteiger charge is 2.25. The van der Waals surface area contributed by atoms with Crippen molar-refractivity contribution in [3.63, 3.8) is 0 Å². The van der Waals surface area contributed by atoms with Crippen LogP contribution in [0.25, 0.3) is 0 Å². The second kappa shape index (κ2) is 9.09. The van der Waals surface area contributed by atoms with Gasteiger partial charge in [0.25, 0.3) is 0 Å². The molecule has 0 N–H and O–H groups in total. The summed E-state index contributed by atoms with van der Waals surface area (Å²) in [7, 11) is -3.65. The molecule has 3 aromatic rings. The van der Waals surface area contributed by atoms with E-state index in [0.29, 0.717) is 23.8 Å². The Labute approximate surface area is 177 Å². The Morgan fingerprint density at radius 1 is 1.00 bits per heavy atom. The van der Waals surface area contributed by atoms with E-state index in [1.807, 2.05) is 35.0 Å². The summed E-state index contributed by atoms with van der Waals surface area (Å²) in [6, 6.07) is 14.3. The Kier molecular flexibility index (Phi) is 6.77. The minimum Gasteiger partial charge on any atom is -0.331 e. The Balaban J connectivity index is 1.85. The van der Waals surface area contributed by atoms with Crippen molar-refractivity contribution in [2.24, 2.45) is 0 Å². The molecule has 0 atom stereocenters. The number of carbonyl (C=O) groups is 1. The van der Waals surface area contributed by atoms with Gasteiger partial charge in [-0.3, -0.25) is 9.10 Å². The third-order valence-electron chi connectivity index (χ3n) is 3.98. The molecule has 0 fully saturated rings. The fourth-order valence-corrected chi connectivity index (χ4v) is 5.13. The lowest BCUT2D eigenvalue weighted by molar-refractivity contribution is -0.130. The first-order valence-corrected chi connectivity index (χ1v) is 12.4. The van der Waals surface area contributed by atoms with Gasteiger partial charge in [-0.05, 0) is 41.1 Å². The molecule has 1 amide bonds. The predicted octanol–water partition coefficient (Wildman–Crippen LogP) is 4.46. The largest absolute Gasteiger partial charge is 0.331 e. The average Bonchev–Trinajstić information content (AvgIpc) is 3.32. The van der Waals surface area contributed by atoms with E-state index in [2.05, 4.69) is 0 Å². The number of halogens is 1. The summed E-state index contributed by atoms with van der Waals surface area (Å²) in [5, 5.41) is 4.32. The second-order valence-corrected chi connectivity index (χ2v) is 10.6. The molecule has 28 heavy (non-hydrogen) atoms. The average molecular weight is 455 g/mol. The van der Waals surface area contributed by atoms with Gasteiger partial charge in [0.05, 0.1) is 25.0 Å². The highest BCUT2D eigenvalue weighted by Crippen LogP contribution is 2.23. The van der Waals surface area contributed by atoms with E-state index >= 15 is 0 Å². The molecule has 9 heteroatoms. The van der Waals surface area contributed by atoms with Gasteiger partial charge in [-0.15, -0.1) is 22.7 Å². The molecule has 0 saturated carbocycles. The number of hydrogen-bond acceptors (Lipinski definition) is 5. The number of thiophene rings is 2. The van der Waals surface area contributed by atoms with Gasteiger partial charge in [-0.2, -0.15) is 0 Å². The van der Waals surface area contributed by atoms with Crippen LogP contribution >= 0.6 is 34.3 Å². The second-order valence-electron chi connectivity index (χ2n) is 6.16. The molecule has 0 unspecified atom stereocenters. The van der Waals surface area contributed by atoms with Crippen molar-refractivity contribution in [3.8, 4) is 0 Å². The van der Waals surface area contributed by atoms with E-state index < -0.39 is 10.0 Å². The van der Waals surface area contributed by atoms with E-state index in [-0.39, 0.29) is 12.5 Å². The Morgan fingerprint density at radius 3 is 2.07 bits per heavy atom. The van der Waals surface area contributed by atoms with Crippen LogP contribution in [0, 0.1) is 0 Å². The normalized spacial score (nSPS) is 11.4. The predicted molar refractivity (Wildman–Crippen MR) is 117 cm³/mol. The number of sulfonamides is 1. The van der Waals surface area contributed by atoms with Gasteiger partial charge in [0, 0.05) is 14.8 Å². The van der Waals surface area contributed by atoms with Crippen molar-refractivity contribution in [3.05, 3.63) is 74.1 Å². The van der Waals surface area contributed by atoms with E-state index in [0.717, 1.165) is 20.3 Å². The Morgan fingerprint density at radius 2 is 1.61 bits per heavy atom. The number of carbonyl (C=O) groups excluding carboxylic acids is 1. The van der Waals surface area contributed by atoms with Crippen molar-refractivity contribution < 1.29 is 13.2 Å². The summed E-state index contributed by atoms with van der Waals surface area (Å²) in [5.41, 5.74) is 0.371. The highest BCUT2D eigenvalue weighted by atomic mass is 35.5. The van der Waals surface area contributed by atoms with Gasteiger partial charge < -0.3 is 4.90 Å². The number of benzene rings is 1. The third kappa shape index (κ3) is 5.57. The quantitative estimate of drug-likeness (QED) is 0.505. The van der Waals surface area contributed by atoms with Gasteiger partial charge in [0.1, 0.15) is 6.54 Å². The fourth-order valence-electron chi connectivity index (χ4n) is 2.67. The minimum atomic E-state index is -3.65. The maximum absolute atomic E-state index is 13.1. The fraction of sp³-hybridized carbons (Fsp3) is 0.211. The monoisotopic (exact) mass is 454 g/mol. The van der Waals surface area contributed by atoms with Crippen LogP contribution in [-0.4, -0.2) is 32.0 Å². The zero-order chi connectivity index (χ0) is 20.1. The van der Waals surface area contributed by atoms with Gasteiger partial charge >= 0.3 is 0 Å². The van der Waals surface area contributed by atoms with Gasteiger partial charge in [0.15, 0.2) is 0 Å². The Hall–Kier alpha value is -1.87. The van der Waals surface area contributed by atoms with Crippen LogP contribution in [0.4, 0.5) is 5.69 Å². The van der Waals surface area contributed by atoms with Crippen LogP contribution in [0.5, 0.6) is 0 Å². The van der Waals surface area contributed by atoms with E-state index in [4.69, 9.17) is 11.6 Å². The zero-order valence-corrected chi connectivity index (χ0v) is 18.3. The van der Waals surface area contributed by atoms with Crippen LogP contribution < -0.4 is 4.31 Å². The molecule has 0 aliphatic carbocycles. The first-order chi connectivity index (χ1) is 13.3. The number of amides is 1. The zero-order valence-electron chi connectivity index (χ0n) is 15.1. The third-order valence-corrected chi connectivity index (χ3v) is 7.08. The van der Waals surface area contributed by atoms with Gasteiger partial charge in [-0.1, -0.05) is 29.8 Å². The molecule has 0 aliphatic rings. The highest BCUT2D eigenvalue weighted by molar-refractivity contribution is 7.92.